The summed E-state index contributed by atoms with van der Waals surface area (Å²) in [6.07, 6.45) is 3.32. The molecule has 0 aliphatic carbocycles. The van der Waals surface area contributed by atoms with E-state index in [9.17, 15) is 4.79 Å². The average molecular weight is 377 g/mol. The number of rotatable bonds is 5. The molecule has 8 heteroatoms. The van der Waals surface area contributed by atoms with Crippen molar-refractivity contribution in [1.82, 2.24) is 14.8 Å². The van der Waals surface area contributed by atoms with Crippen LogP contribution in [0.5, 0.6) is 5.75 Å². The van der Waals surface area contributed by atoms with Crippen LogP contribution >= 0.6 is 23.2 Å². The van der Waals surface area contributed by atoms with E-state index in [2.05, 4.69) is 15.4 Å². The van der Waals surface area contributed by atoms with E-state index in [1.165, 1.54) is 4.68 Å². The van der Waals surface area contributed by atoms with Gasteiger partial charge in [-0.2, -0.15) is 5.10 Å². The van der Waals surface area contributed by atoms with E-state index in [0.717, 1.165) is 5.56 Å². The largest absolute Gasteiger partial charge is 0.470 e. The maximum absolute atomic E-state index is 12.2. The van der Waals surface area contributed by atoms with Crippen LogP contribution in [0, 0.1) is 6.92 Å². The smallest absolute Gasteiger partial charge is 0.277 e. The van der Waals surface area contributed by atoms with Crippen LogP contribution in [-0.2, 0) is 6.73 Å². The number of hydrogen-bond acceptors (Lipinski definition) is 4. The lowest BCUT2D eigenvalue weighted by Crippen LogP contribution is -2.15. The Bertz CT molecular complexity index is 894. The minimum atomic E-state index is -0.348. The fourth-order valence-corrected chi connectivity index (χ4v) is 2.47. The summed E-state index contributed by atoms with van der Waals surface area (Å²) in [6, 6.07) is 10.1. The van der Waals surface area contributed by atoms with Gasteiger partial charge in [-0.1, -0.05) is 29.3 Å². The van der Waals surface area contributed by atoms with Crippen LogP contribution in [0.4, 0.5) is 5.82 Å². The van der Waals surface area contributed by atoms with Gasteiger partial charge < -0.3 is 10.1 Å². The fraction of sp³-hybridized carbons (Fsp3) is 0.118. The van der Waals surface area contributed by atoms with Crippen LogP contribution in [0.25, 0.3) is 0 Å². The van der Waals surface area contributed by atoms with Crippen LogP contribution < -0.4 is 10.1 Å². The highest BCUT2D eigenvalue weighted by atomic mass is 35.5. The number of pyridine rings is 1. The van der Waals surface area contributed by atoms with E-state index in [1.54, 1.807) is 42.7 Å². The Labute approximate surface area is 154 Å². The van der Waals surface area contributed by atoms with E-state index in [-0.39, 0.29) is 18.3 Å². The second-order valence-corrected chi connectivity index (χ2v) is 6.11. The number of carbonyl (C=O) groups excluding carboxylic acids is 1. The number of amides is 1. The Morgan fingerprint density at radius 2 is 2.08 bits per heavy atom. The zero-order chi connectivity index (χ0) is 17.8. The van der Waals surface area contributed by atoms with Gasteiger partial charge in [-0.05, 0) is 42.8 Å². The number of anilines is 1. The molecule has 25 heavy (non-hydrogen) atoms. The maximum atomic E-state index is 12.2. The van der Waals surface area contributed by atoms with Crippen molar-refractivity contribution in [2.45, 2.75) is 13.7 Å². The first-order chi connectivity index (χ1) is 12.0. The summed E-state index contributed by atoms with van der Waals surface area (Å²) in [5.74, 6) is 0.602. The summed E-state index contributed by atoms with van der Waals surface area (Å²) in [7, 11) is 0. The first-order valence-corrected chi connectivity index (χ1v) is 8.12. The molecular formula is C17H14Cl2N4O2. The van der Waals surface area contributed by atoms with Crippen molar-refractivity contribution in [3.05, 3.63) is 70.1 Å². The number of hydrogen-bond donors (Lipinski definition) is 1. The number of nitrogens with one attached hydrogen (secondary N) is 1. The molecule has 0 fully saturated rings. The van der Waals surface area contributed by atoms with E-state index in [1.807, 2.05) is 13.0 Å². The van der Waals surface area contributed by atoms with Crippen LogP contribution in [0.1, 0.15) is 16.1 Å². The Morgan fingerprint density at radius 1 is 1.24 bits per heavy atom. The van der Waals surface area contributed by atoms with Gasteiger partial charge in [0.15, 0.2) is 12.4 Å². The molecule has 3 rings (SSSR count). The van der Waals surface area contributed by atoms with Crippen molar-refractivity contribution < 1.29 is 9.53 Å². The third kappa shape index (κ3) is 4.49. The lowest BCUT2D eigenvalue weighted by Gasteiger charge is -2.08. The van der Waals surface area contributed by atoms with Gasteiger partial charge in [0.1, 0.15) is 11.6 Å². The predicted octanol–water partition coefficient (Wildman–Crippen LogP) is 4.18. The normalized spacial score (nSPS) is 10.5. The van der Waals surface area contributed by atoms with Crippen molar-refractivity contribution in [3.63, 3.8) is 0 Å². The quantitative estimate of drug-likeness (QED) is 0.724. The summed E-state index contributed by atoms with van der Waals surface area (Å²) in [5.41, 5.74) is 1.27. The van der Waals surface area contributed by atoms with Gasteiger partial charge in [0.2, 0.25) is 0 Å². The van der Waals surface area contributed by atoms with E-state index < -0.39 is 0 Å². The number of benzene rings is 1. The molecule has 0 unspecified atom stereocenters. The van der Waals surface area contributed by atoms with Gasteiger partial charge in [-0.25, -0.2) is 9.67 Å². The molecule has 0 spiro atoms. The highest BCUT2D eigenvalue weighted by Gasteiger charge is 2.11. The number of aromatic nitrogens is 3. The van der Waals surface area contributed by atoms with E-state index >= 15 is 0 Å². The van der Waals surface area contributed by atoms with Crippen molar-refractivity contribution in [2.75, 3.05) is 5.32 Å². The zero-order valence-corrected chi connectivity index (χ0v) is 14.8. The first-order valence-electron chi connectivity index (χ1n) is 7.36. The topological polar surface area (TPSA) is 69.0 Å². The number of aryl methyl sites for hydroxylation is 1. The lowest BCUT2D eigenvalue weighted by molar-refractivity contribution is 0.102. The number of nitrogens with zero attached hydrogens (tertiary/aromatic N) is 3. The van der Waals surface area contributed by atoms with Crippen molar-refractivity contribution in [2.24, 2.45) is 0 Å². The third-order valence-electron chi connectivity index (χ3n) is 3.27. The van der Waals surface area contributed by atoms with Gasteiger partial charge in [0.05, 0.1) is 5.02 Å². The van der Waals surface area contributed by atoms with Crippen LogP contribution in [0.15, 0.2) is 48.8 Å². The molecule has 6 nitrogen and oxygen atoms in total. The van der Waals surface area contributed by atoms with Gasteiger partial charge >= 0.3 is 0 Å². The predicted molar refractivity (Wildman–Crippen MR) is 96.2 cm³/mol. The molecule has 0 saturated carbocycles. The maximum Gasteiger partial charge on any atom is 0.277 e. The molecule has 2 aromatic heterocycles. The minimum Gasteiger partial charge on any atom is -0.470 e. The Morgan fingerprint density at radius 3 is 2.80 bits per heavy atom. The van der Waals surface area contributed by atoms with Gasteiger partial charge in [-0.3, -0.25) is 4.79 Å². The molecule has 0 radical (unpaired) electrons. The van der Waals surface area contributed by atoms with Crippen LogP contribution in [0.2, 0.25) is 10.0 Å². The summed E-state index contributed by atoms with van der Waals surface area (Å²) in [6.45, 7) is 2.03. The monoisotopic (exact) mass is 376 g/mol. The molecule has 3 aromatic rings. The van der Waals surface area contributed by atoms with E-state index in [4.69, 9.17) is 27.9 Å². The Balaban J connectivity index is 1.61. The van der Waals surface area contributed by atoms with Crippen molar-refractivity contribution in [3.8, 4) is 5.75 Å². The summed E-state index contributed by atoms with van der Waals surface area (Å²) in [5, 5.41) is 7.79. The molecule has 1 amide bonds. The zero-order valence-electron chi connectivity index (χ0n) is 13.2. The van der Waals surface area contributed by atoms with Gasteiger partial charge in [0.25, 0.3) is 5.91 Å². The molecule has 0 bridgehead atoms. The lowest BCUT2D eigenvalue weighted by atomic mass is 10.3. The average Bonchev–Trinajstić information content (AvgIpc) is 3.05. The summed E-state index contributed by atoms with van der Waals surface area (Å²) >= 11 is 11.9. The van der Waals surface area contributed by atoms with Crippen LogP contribution in [-0.4, -0.2) is 20.7 Å². The number of ether oxygens (including phenoxy) is 1. The van der Waals surface area contributed by atoms with Crippen LogP contribution in [0.3, 0.4) is 0 Å². The van der Waals surface area contributed by atoms with Crippen molar-refractivity contribution >= 4 is 34.9 Å². The molecule has 2 heterocycles. The SMILES string of the molecule is Cc1ccc(NC(=O)c2ccn(COc3ccc(Cl)cc3Cl)n2)nc1. The standard InChI is InChI=1S/C17H14Cl2N4O2/c1-11-2-5-16(20-9-11)21-17(24)14-6-7-23(22-14)10-25-15-4-3-12(18)8-13(15)19/h2-9H,10H2,1H3,(H,20,21,24). The molecule has 128 valence electrons. The molecule has 1 aromatic carbocycles. The second-order valence-electron chi connectivity index (χ2n) is 5.26. The van der Waals surface area contributed by atoms with E-state index in [0.29, 0.717) is 21.6 Å². The minimum absolute atomic E-state index is 0.109. The molecule has 1 N–H and O–H groups in total. The first kappa shape index (κ1) is 17.3. The fourth-order valence-electron chi connectivity index (χ4n) is 2.00. The summed E-state index contributed by atoms with van der Waals surface area (Å²) in [4.78, 5) is 16.3. The van der Waals surface area contributed by atoms with Gasteiger partial charge in [-0.15, -0.1) is 0 Å². The summed E-state index contributed by atoms with van der Waals surface area (Å²) < 4.78 is 7.06. The highest BCUT2D eigenvalue weighted by molar-refractivity contribution is 6.35. The molecule has 0 aliphatic heterocycles. The molecular weight excluding hydrogens is 363 g/mol. The van der Waals surface area contributed by atoms with Gasteiger partial charge in [0, 0.05) is 17.4 Å². The third-order valence-corrected chi connectivity index (χ3v) is 3.80. The second kappa shape index (κ2) is 7.55. The Kier molecular flexibility index (Phi) is 5.21. The number of carbonyl (C=O) groups is 1. The molecule has 0 saturated heterocycles. The molecule has 0 atom stereocenters. The Hall–Kier alpha value is -2.57. The molecule has 0 aliphatic rings. The van der Waals surface area contributed by atoms with Crippen molar-refractivity contribution in [1.29, 1.82) is 0 Å². The number of halogens is 2. The highest BCUT2D eigenvalue weighted by Crippen LogP contribution is 2.27.